The smallest absolute Gasteiger partial charge is 0.191 e. The number of aliphatic hydroxyl groups excluding tert-OH is 1. The second kappa shape index (κ2) is 8.50. The molecule has 0 amide bonds. The van der Waals surface area contributed by atoms with Gasteiger partial charge in [-0.3, -0.25) is 4.99 Å². The van der Waals surface area contributed by atoms with E-state index in [2.05, 4.69) is 40.1 Å². The molecule has 124 valence electrons. The van der Waals surface area contributed by atoms with E-state index in [9.17, 15) is 5.11 Å². The van der Waals surface area contributed by atoms with Gasteiger partial charge in [0.15, 0.2) is 5.96 Å². The van der Waals surface area contributed by atoms with Crippen LogP contribution in [0.4, 0.5) is 0 Å². The van der Waals surface area contributed by atoms with E-state index < -0.39 is 0 Å². The number of nitrogens with zero attached hydrogens (tertiary/aromatic N) is 1. The Labute approximate surface area is 136 Å². The highest BCUT2D eigenvalue weighted by Gasteiger charge is 2.34. The molecule has 0 radical (unpaired) electrons. The molecule has 0 bridgehead atoms. The number of ether oxygens (including phenoxy) is 1. The van der Waals surface area contributed by atoms with Gasteiger partial charge in [0.1, 0.15) is 0 Å². The van der Waals surface area contributed by atoms with Crippen molar-refractivity contribution in [2.24, 2.45) is 10.4 Å². The standard InChI is InChI=1S/C16H27N3O2S/c1-13(14-4-3-9-22-14)10-18-15(17-2)19-11-16(5-7-20)6-8-21-12-16/h3-4,9,13,20H,5-8,10-12H2,1-2H3,(H2,17,18,19). The maximum absolute atomic E-state index is 9.27. The van der Waals surface area contributed by atoms with Gasteiger partial charge in [0.25, 0.3) is 0 Å². The summed E-state index contributed by atoms with van der Waals surface area (Å²) >= 11 is 1.79. The van der Waals surface area contributed by atoms with Gasteiger partial charge in [-0.05, 0) is 24.3 Å². The molecule has 0 spiro atoms. The fraction of sp³-hybridized carbons (Fsp3) is 0.688. The zero-order valence-electron chi connectivity index (χ0n) is 13.5. The molecule has 2 heterocycles. The highest BCUT2D eigenvalue weighted by molar-refractivity contribution is 7.10. The van der Waals surface area contributed by atoms with Gasteiger partial charge in [0.05, 0.1) is 6.61 Å². The van der Waals surface area contributed by atoms with Crippen LogP contribution in [0.3, 0.4) is 0 Å². The molecule has 0 aromatic carbocycles. The van der Waals surface area contributed by atoms with Crippen molar-refractivity contribution >= 4 is 17.3 Å². The van der Waals surface area contributed by atoms with Crippen molar-refractivity contribution in [2.45, 2.75) is 25.7 Å². The number of aliphatic imine (C=N–C) groups is 1. The molecule has 22 heavy (non-hydrogen) atoms. The molecule has 1 saturated heterocycles. The molecule has 5 nitrogen and oxygen atoms in total. The van der Waals surface area contributed by atoms with Crippen LogP contribution in [0.1, 0.15) is 30.6 Å². The van der Waals surface area contributed by atoms with Crippen molar-refractivity contribution in [3.05, 3.63) is 22.4 Å². The molecule has 2 atom stereocenters. The lowest BCUT2D eigenvalue weighted by Gasteiger charge is -2.28. The summed E-state index contributed by atoms with van der Waals surface area (Å²) in [6.45, 7) is 5.53. The summed E-state index contributed by atoms with van der Waals surface area (Å²) in [7, 11) is 1.79. The molecular weight excluding hydrogens is 298 g/mol. The minimum Gasteiger partial charge on any atom is -0.396 e. The summed E-state index contributed by atoms with van der Waals surface area (Å²) in [5, 5.41) is 18.1. The van der Waals surface area contributed by atoms with Gasteiger partial charge >= 0.3 is 0 Å². The first kappa shape index (κ1) is 17.2. The largest absolute Gasteiger partial charge is 0.396 e. The van der Waals surface area contributed by atoms with Gasteiger partial charge < -0.3 is 20.5 Å². The van der Waals surface area contributed by atoms with Crippen molar-refractivity contribution in [3.63, 3.8) is 0 Å². The Hall–Kier alpha value is -1.11. The van der Waals surface area contributed by atoms with Crippen molar-refractivity contribution in [1.29, 1.82) is 0 Å². The third-order valence-corrected chi connectivity index (χ3v) is 5.39. The first-order valence-corrected chi connectivity index (χ1v) is 8.73. The Bertz CT molecular complexity index is 456. The van der Waals surface area contributed by atoms with E-state index in [4.69, 9.17) is 4.74 Å². The average Bonchev–Trinajstić information content (AvgIpc) is 3.19. The number of rotatable bonds is 7. The highest BCUT2D eigenvalue weighted by atomic mass is 32.1. The van der Waals surface area contributed by atoms with Gasteiger partial charge in [0.2, 0.25) is 0 Å². The summed E-state index contributed by atoms with van der Waals surface area (Å²) in [6.07, 6.45) is 1.76. The third kappa shape index (κ3) is 4.69. The normalized spacial score (nSPS) is 23.5. The average molecular weight is 325 g/mol. The molecule has 0 aliphatic carbocycles. The molecule has 6 heteroatoms. The van der Waals surface area contributed by atoms with Crippen molar-refractivity contribution < 1.29 is 9.84 Å². The predicted molar refractivity (Wildman–Crippen MR) is 91.7 cm³/mol. The molecule has 1 aromatic rings. The lowest BCUT2D eigenvalue weighted by atomic mass is 9.84. The number of nitrogens with one attached hydrogen (secondary N) is 2. The number of hydrogen-bond acceptors (Lipinski definition) is 4. The van der Waals surface area contributed by atoms with Gasteiger partial charge in [-0.2, -0.15) is 0 Å². The first-order chi connectivity index (χ1) is 10.7. The fourth-order valence-electron chi connectivity index (χ4n) is 2.73. The van der Waals surface area contributed by atoms with Crippen LogP contribution in [0.25, 0.3) is 0 Å². The number of aliphatic hydroxyl groups is 1. The summed E-state index contributed by atoms with van der Waals surface area (Å²) in [6, 6.07) is 4.25. The molecule has 0 saturated carbocycles. The molecule has 1 aliphatic rings. The Kier molecular flexibility index (Phi) is 6.67. The number of thiophene rings is 1. The SMILES string of the molecule is CN=C(NCC(C)c1cccs1)NCC1(CCO)CCOC1. The van der Waals surface area contributed by atoms with Crippen LogP contribution in [-0.4, -0.2) is 51.0 Å². The zero-order chi connectivity index (χ0) is 15.8. The van der Waals surface area contributed by atoms with Crippen LogP contribution in [0, 0.1) is 5.41 Å². The maximum Gasteiger partial charge on any atom is 0.191 e. The van der Waals surface area contributed by atoms with E-state index >= 15 is 0 Å². The minimum atomic E-state index is 0.0335. The fourth-order valence-corrected chi connectivity index (χ4v) is 3.51. The second-order valence-electron chi connectivity index (χ2n) is 6.00. The Morgan fingerprint density at radius 1 is 1.55 bits per heavy atom. The summed E-state index contributed by atoms with van der Waals surface area (Å²) in [4.78, 5) is 5.67. The quantitative estimate of drug-likeness (QED) is 0.528. The maximum atomic E-state index is 9.27. The third-order valence-electron chi connectivity index (χ3n) is 4.29. The lowest BCUT2D eigenvalue weighted by Crippen LogP contribution is -2.45. The first-order valence-electron chi connectivity index (χ1n) is 7.86. The van der Waals surface area contributed by atoms with Crippen molar-refractivity contribution in [1.82, 2.24) is 10.6 Å². The molecule has 2 unspecified atom stereocenters. The molecule has 1 aromatic heterocycles. The topological polar surface area (TPSA) is 65.9 Å². The molecule has 1 aliphatic heterocycles. The zero-order valence-corrected chi connectivity index (χ0v) is 14.3. The molecule has 3 N–H and O–H groups in total. The van der Waals surface area contributed by atoms with Crippen LogP contribution in [0.2, 0.25) is 0 Å². The van der Waals surface area contributed by atoms with E-state index in [0.717, 1.165) is 38.5 Å². The second-order valence-corrected chi connectivity index (χ2v) is 6.98. The van der Waals surface area contributed by atoms with E-state index in [1.165, 1.54) is 4.88 Å². The summed E-state index contributed by atoms with van der Waals surface area (Å²) in [5.41, 5.74) is 0.0335. The highest BCUT2D eigenvalue weighted by Crippen LogP contribution is 2.31. The Morgan fingerprint density at radius 2 is 2.41 bits per heavy atom. The van der Waals surface area contributed by atoms with Gasteiger partial charge in [-0.1, -0.05) is 13.0 Å². The molecule has 2 rings (SSSR count). The number of guanidine groups is 1. The van der Waals surface area contributed by atoms with Gasteiger partial charge in [-0.15, -0.1) is 11.3 Å². The minimum absolute atomic E-state index is 0.0335. The molecular formula is C16H27N3O2S. The lowest BCUT2D eigenvalue weighted by molar-refractivity contribution is 0.127. The van der Waals surface area contributed by atoms with Crippen LogP contribution >= 0.6 is 11.3 Å². The van der Waals surface area contributed by atoms with E-state index in [1.54, 1.807) is 18.4 Å². The van der Waals surface area contributed by atoms with Crippen molar-refractivity contribution in [3.8, 4) is 0 Å². The Balaban J connectivity index is 1.79. The van der Waals surface area contributed by atoms with Crippen LogP contribution in [-0.2, 0) is 4.74 Å². The van der Waals surface area contributed by atoms with E-state index in [0.29, 0.717) is 12.5 Å². The van der Waals surface area contributed by atoms with Gasteiger partial charge in [-0.25, -0.2) is 0 Å². The summed E-state index contributed by atoms with van der Waals surface area (Å²) in [5.74, 6) is 1.27. The monoisotopic (exact) mass is 325 g/mol. The Morgan fingerprint density at radius 3 is 3.00 bits per heavy atom. The van der Waals surface area contributed by atoms with E-state index in [1.807, 2.05) is 0 Å². The molecule has 1 fully saturated rings. The number of hydrogen-bond donors (Lipinski definition) is 3. The van der Waals surface area contributed by atoms with Crippen LogP contribution in [0.5, 0.6) is 0 Å². The summed E-state index contributed by atoms with van der Waals surface area (Å²) < 4.78 is 5.52. The predicted octanol–water partition coefficient (Wildman–Crippen LogP) is 1.81. The van der Waals surface area contributed by atoms with Crippen molar-refractivity contribution in [2.75, 3.05) is 40.0 Å². The van der Waals surface area contributed by atoms with Crippen LogP contribution < -0.4 is 10.6 Å². The van der Waals surface area contributed by atoms with Gasteiger partial charge in [0, 0.05) is 49.6 Å². The van der Waals surface area contributed by atoms with Crippen LogP contribution in [0.15, 0.2) is 22.5 Å². The van der Waals surface area contributed by atoms with E-state index in [-0.39, 0.29) is 12.0 Å².